The van der Waals surface area contributed by atoms with E-state index in [2.05, 4.69) is 5.32 Å². The number of carboxylic acids is 1. The molecule has 0 aliphatic rings. The Labute approximate surface area is 105 Å². The molecule has 0 aliphatic heterocycles. The molecule has 0 unspecified atom stereocenters. The van der Waals surface area contributed by atoms with Crippen molar-refractivity contribution >= 4 is 11.9 Å². The minimum absolute atomic E-state index is 0.164. The fourth-order valence-corrected chi connectivity index (χ4v) is 1.55. The average molecular weight is 253 g/mol. The molecule has 1 aromatic rings. The van der Waals surface area contributed by atoms with Crippen molar-refractivity contribution in [2.24, 2.45) is 5.92 Å². The summed E-state index contributed by atoms with van der Waals surface area (Å²) in [6.45, 7) is 3.39. The van der Waals surface area contributed by atoms with Crippen LogP contribution < -0.4 is 5.32 Å². The molecule has 4 nitrogen and oxygen atoms in total. The summed E-state index contributed by atoms with van der Waals surface area (Å²) in [4.78, 5) is 22.5. The van der Waals surface area contributed by atoms with Gasteiger partial charge in [-0.25, -0.2) is 9.18 Å². The van der Waals surface area contributed by atoms with Gasteiger partial charge in [0.05, 0.1) is 6.42 Å². The van der Waals surface area contributed by atoms with Crippen molar-refractivity contribution in [2.75, 3.05) is 0 Å². The van der Waals surface area contributed by atoms with E-state index >= 15 is 0 Å². The number of carbonyl (C=O) groups is 2. The summed E-state index contributed by atoms with van der Waals surface area (Å²) in [6, 6.07) is 4.97. The molecule has 0 aliphatic carbocycles. The van der Waals surface area contributed by atoms with Gasteiger partial charge in [0.2, 0.25) is 5.91 Å². The van der Waals surface area contributed by atoms with E-state index in [1.165, 1.54) is 18.2 Å². The second-order valence-electron chi connectivity index (χ2n) is 4.40. The number of amides is 1. The molecule has 1 amide bonds. The van der Waals surface area contributed by atoms with E-state index in [1.54, 1.807) is 19.9 Å². The van der Waals surface area contributed by atoms with Crippen LogP contribution >= 0.6 is 0 Å². The van der Waals surface area contributed by atoms with Crippen LogP contribution in [0.15, 0.2) is 24.3 Å². The highest BCUT2D eigenvalue weighted by Gasteiger charge is 2.23. The smallest absolute Gasteiger partial charge is 0.326 e. The zero-order valence-corrected chi connectivity index (χ0v) is 10.3. The van der Waals surface area contributed by atoms with Gasteiger partial charge in [0.1, 0.15) is 11.9 Å². The molecule has 0 saturated heterocycles. The molecular formula is C13H16FNO3. The minimum Gasteiger partial charge on any atom is -0.480 e. The molecule has 0 heterocycles. The summed E-state index contributed by atoms with van der Waals surface area (Å²) >= 11 is 0. The summed E-state index contributed by atoms with van der Waals surface area (Å²) in [5.41, 5.74) is 0.253. The van der Waals surface area contributed by atoms with Crippen LogP contribution in [-0.2, 0) is 16.0 Å². The number of aliphatic carboxylic acids is 1. The highest BCUT2D eigenvalue weighted by Crippen LogP contribution is 2.08. The molecule has 0 aromatic heterocycles. The van der Waals surface area contributed by atoms with Crippen molar-refractivity contribution in [1.82, 2.24) is 5.32 Å². The van der Waals surface area contributed by atoms with Crippen molar-refractivity contribution in [3.05, 3.63) is 35.6 Å². The second-order valence-corrected chi connectivity index (χ2v) is 4.40. The van der Waals surface area contributed by atoms with Crippen LogP contribution in [0.25, 0.3) is 0 Å². The highest BCUT2D eigenvalue weighted by molar-refractivity contribution is 5.85. The summed E-state index contributed by atoms with van der Waals surface area (Å²) in [7, 11) is 0. The van der Waals surface area contributed by atoms with Crippen LogP contribution in [0.4, 0.5) is 4.39 Å². The predicted octanol–water partition coefficient (Wildman–Crippen LogP) is 1.59. The first-order chi connectivity index (χ1) is 8.41. The standard InChI is InChI=1S/C13H16FNO3/c1-8(2)12(13(17)18)15-11(16)7-9-5-3-4-6-10(9)14/h3-6,8,12H,7H2,1-2H3,(H,15,16)(H,17,18)/t12-/m0/s1. The summed E-state index contributed by atoms with van der Waals surface area (Å²) in [5, 5.41) is 11.3. The van der Waals surface area contributed by atoms with Gasteiger partial charge in [0, 0.05) is 0 Å². The van der Waals surface area contributed by atoms with Crippen LogP contribution in [-0.4, -0.2) is 23.0 Å². The first kappa shape index (κ1) is 14.2. The summed E-state index contributed by atoms with van der Waals surface area (Å²) < 4.78 is 13.3. The van der Waals surface area contributed by atoms with Gasteiger partial charge in [-0.1, -0.05) is 32.0 Å². The molecule has 5 heteroatoms. The van der Waals surface area contributed by atoms with Gasteiger partial charge < -0.3 is 10.4 Å². The lowest BCUT2D eigenvalue weighted by Crippen LogP contribution is -2.44. The van der Waals surface area contributed by atoms with Gasteiger partial charge >= 0.3 is 5.97 Å². The third-order valence-electron chi connectivity index (χ3n) is 2.56. The van der Waals surface area contributed by atoms with E-state index in [0.717, 1.165) is 0 Å². The molecule has 0 fully saturated rings. The van der Waals surface area contributed by atoms with E-state index in [9.17, 15) is 14.0 Å². The molecule has 18 heavy (non-hydrogen) atoms. The molecule has 2 N–H and O–H groups in total. The maximum atomic E-state index is 13.3. The number of hydrogen-bond donors (Lipinski definition) is 2. The molecule has 1 rings (SSSR count). The van der Waals surface area contributed by atoms with Gasteiger partial charge in [0.25, 0.3) is 0 Å². The average Bonchev–Trinajstić information content (AvgIpc) is 2.28. The van der Waals surface area contributed by atoms with E-state index in [1.807, 2.05) is 0 Å². The number of carbonyl (C=O) groups excluding carboxylic acids is 1. The Kier molecular flexibility index (Phi) is 4.83. The van der Waals surface area contributed by atoms with Gasteiger partial charge in [-0.3, -0.25) is 4.79 Å². The molecule has 1 aromatic carbocycles. The minimum atomic E-state index is -1.09. The topological polar surface area (TPSA) is 66.4 Å². The van der Waals surface area contributed by atoms with Crippen molar-refractivity contribution in [3.8, 4) is 0 Å². The molecule has 0 spiro atoms. The number of benzene rings is 1. The Hall–Kier alpha value is -1.91. The maximum absolute atomic E-state index is 13.3. The summed E-state index contributed by atoms with van der Waals surface area (Å²) in [5.74, 6) is -2.29. The lowest BCUT2D eigenvalue weighted by molar-refractivity contribution is -0.143. The van der Waals surface area contributed by atoms with Gasteiger partial charge in [0.15, 0.2) is 0 Å². The Morgan fingerprint density at radius 2 is 1.94 bits per heavy atom. The van der Waals surface area contributed by atoms with Crippen molar-refractivity contribution in [2.45, 2.75) is 26.3 Å². The Morgan fingerprint density at radius 1 is 1.33 bits per heavy atom. The molecular weight excluding hydrogens is 237 g/mol. The van der Waals surface area contributed by atoms with Gasteiger partial charge in [-0.15, -0.1) is 0 Å². The van der Waals surface area contributed by atoms with E-state index < -0.39 is 23.7 Å². The van der Waals surface area contributed by atoms with Gasteiger partial charge in [-0.05, 0) is 17.5 Å². The SMILES string of the molecule is CC(C)[C@H](NC(=O)Cc1ccccc1F)C(=O)O. The zero-order chi connectivity index (χ0) is 13.7. The van der Waals surface area contributed by atoms with Crippen LogP contribution in [0.3, 0.4) is 0 Å². The zero-order valence-electron chi connectivity index (χ0n) is 10.3. The third kappa shape index (κ3) is 3.84. The van der Waals surface area contributed by atoms with Crippen LogP contribution in [0, 0.1) is 11.7 Å². The molecule has 0 radical (unpaired) electrons. The highest BCUT2D eigenvalue weighted by atomic mass is 19.1. The van der Waals surface area contributed by atoms with Crippen molar-refractivity contribution in [3.63, 3.8) is 0 Å². The molecule has 98 valence electrons. The normalized spacial score (nSPS) is 12.2. The molecule has 1 atom stereocenters. The fraction of sp³-hybridized carbons (Fsp3) is 0.385. The molecule has 0 bridgehead atoms. The van der Waals surface area contributed by atoms with Crippen LogP contribution in [0.5, 0.6) is 0 Å². The van der Waals surface area contributed by atoms with E-state index in [-0.39, 0.29) is 17.9 Å². The van der Waals surface area contributed by atoms with E-state index in [0.29, 0.717) is 0 Å². The largest absolute Gasteiger partial charge is 0.480 e. The quantitative estimate of drug-likeness (QED) is 0.837. The van der Waals surface area contributed by atoms with Crippen molar-refractivity contribution in [1.29, 1.82) is 0 Å². The maximum Gasteiger partial charge on any atom is 0.326 e. The summed E-state index contributed by atoms with van der Waals surface area (Å²) in [6.07, 6.45) is -0.164. The Bertz CT molecular complexity index is 446. The lowest BCUT2D eigenvalue weighted by atomic mass is 10.0. The second kappa shape index (κ2) is 6.14. The third-order valence-corrected chi connectivity index (χ3v) is 2.56. The van der Waals surface area contributed by atoms with Crippen LogP contribution in [0.1, 0.15) is 19.4 Å². The lowest BCUT2D eigenvalue weighted by Gasteiger charge is -2.17. The van der Waals surface area contributed by atoms with E-state index in [4.69, 9.17) is 5.11 Å². The first-order valence-electron chi connectivity index (χ1n) is 5.67. The predicted molar refractivity (Wildman–Crippen MR) is 64.5 cm³/mol. The molecule has 0 saturated carbocycles. The Morgan fingerprint density at radius 3 is 2.44 bits per heavy atom. The first-order valence-corrected chi connectivity index (χ1v) is 5.67. The number of nitrogens with one attached hydrogen (secondary N) is 1. The van der Waals surface area contributed by atoms with Gasteiger partial charge in [-0.2, -0.15) is 0 Å². The number of halogens is 1. The monoisotopic (exact) mass is 253 g/mol. The number of rotatable bonds is 5. The fourth-order valence-electron chi connectivity index (χ4n) is 1.55. The van der Waals surface area contributed by atoms with Crippen molar-refractivity contribution < 1.29 is 19.1 Å². The number of hydrogen-bond acceptors (Lipinski definition) is 2. The van der Waals surface area contributed by atoms with Crippen LogP contribution in [0.2, 0.25) is 0 Å². The Balaban J connectivity index is 2.67. The number of carboxylic acid groups (broad SMARTS) is 1.